The summed E-state index contributed by atoms with van der Waals surface area (Å²) in [5.74, 6) is 1.34. The van der Waals surface area contributed by atoms with Crippen LogP contribution in [-0.4, -0.2) is 29.2 Å². The molecule has 0 aromatic carbocycles. The normalized spacial score (nSPS) is 14.0. The first-order valence-corrected chi connectivity index (χ1v) is 10.3. The van der Waals surface area contributed by atoms with Crippen molar-refractivity contribution in [2.45, 2.75) is 91.4 Å². The SMILES string of the molecule is CCCCCCCCCCC(C)CCC(C)CO.O=S(=O)([O-])[O-]. The van der Waals surface area contributed by atoms with Gasteiger partial charge in [-0.05, 0) is 18.3 Å². The number of aliphatic hydroxyl groups is 1. The van der Waals surface area contributed by atoms with E-state index in [-0.39, 0.29) is 0 Å². The zero-order chi connectivity index (χ0) is 18.1. The molecule has 0 aliphatic carbocycles. The summed E-state index contributed by atoms with van der Waals surface area (Å²) in [6, 6.07) is 0. The van der Waals surface area contributed by atoms with Crippen molar-refractivity contribution >= 4 is 10.4 Å². The van der Waals surface area contributed by atoms with Gasteiger partial charge in [0.1, 0.15) is 0 Å². The van der Waals surface area contributed by atoms with E-state index in [9.17, 15) is 0 Å². The van der Waals surface area contributed by atoms with E-state index in [1.54, 1.807) is 0 Å². The molecule has 6 heteroatoms. The van der Waals surface area contributed by atoms with Crippen LogP contribution in [0.15, 0.2) is 0 Å². The molecular formula is C17H36O5S-2. The number of rotatable bonds is 13. The van der Waals surface area contributed by atoms with E-state index in [2.05, 4.69) is 20.8 Å². The lowest BCUT2D eigenvalue weighted by atomic mass is 9.94. The monoisotopic (exact) mass is 352 g/mol. The highest BCUT2D eigenvalue weighted by atomic mass is 32.3. The zero-order valence-electron chi connectivity index (χ0n) is 15.1. The van der Waals surface area contributed by atoms with Crippen LogP contribution in [0.1, 0.15) is 91.4 Å². The fraction of sp³-hybridized carbons (Fsp3) is 1.00. The minimum atomic E-state index is -5.17. The Bertz CT molecular complexity index is 322. The molecule has 0 bridgehead atoms. The molecule has 2 atom stereocenters. The summed E-state index contributed by atoms with van der Waals surface area (Å²) in [6.07, 6.45) is 15.2. The Labute approximate surface area is 143 Å². The Morgan fingerprint density at radius 1 is 0.783 bits per heavy atom. The molecule has 5 nitrogen and oxygen atoms in total. The van der Waals surface area contributed by atoms with E-state index in [0.29, 0.717) is 12.5 Å². The van der Waals surface area contributed by atoms with Crippen molar-refractivity contribution in [2.75, 3.05) is 6.61 Å². The number of aliphatic hydroxyl groups excluding tert-OH is 1. The van der Waals surface area contributed by atoms with Crippen LogP contribution in [-0.2, 0) is 10.4 Å². The van der Waals surface area contributed by atoms with Gasteiger partial charge >= 0.3 is 0 Å². The molecule has 0 aliphatic heterocycles. The first-order valence-electron chi connectivity index (χ1n) is 8.98. The first-order chi connectivity index (χ1) is 10.7. The van der Waals surface area contributed by atoms with Gasteiger partial charge in [-0.2, -0.15) is 0 Å². The summed E-state index contributed by atoms with van der Waals surface area (Å²) in [5.41, 5.74) is 0. The second-order valence-electron chi connectivity index (χ2n) is 6.64. The molecule has 142 valence electrons. The third kappa shape index (κ3) is 30.3. The molecule has 0 aromatic heterocycles. The van der Waals surface area contributed by atoms with E-state index < -0.39 is 10.4 Å². The van der Waals surface area contributed by atoms with Crippen LogP contribution in [0.2, 0.25) is 0 Å². The van der Waals surface area contributed by atoms with Crippen molar-refractivity contribution in [3.8, 4) is 0 Å². The Hall–Kier alpha value is -0.170. The molecular weight excluding hydrogens is 316 g/mol. The molecule has 0 rings (SSSR count). The number of unbranched alkanes of at least 4 members (excludes halogenated alkanes) is 7. The van der Waals surface area contributed by atoms with Crippen molar-refractivity contribution in [1.82, 2.24) is 0 Å². The predicted octanol–water partition coefficient (Wildman–Crippen LogP) is 4.22. The van der Waals surface area contributed by atoms with Crippen molar-refractivity contribution in [1.29, 1.82) is 0 Å². The minimum absolute atomic E-state index is 0.352. The topological polar surface area (TPSA) is 100 Å². The lowest BCUT2D eigenvalue weighted by Crippen LogP contribution is -2.04. The molecule has 0 heterocycles. The van der Waals surface area contributed by atoms with Crippen molar-refractivity contribution in [2.24, 2.45) is 11.8 Å². The molecule has 0 aromatic rings. The maximum atomic E-state index is 8.98. The second kappa shape index (κ2) is 16.7. The van der Waals surface area contributed by atoms with E-state index in [1.807, 2.05) is 0 Å². The highest BCUT2D eigenvalue weighted by molar-refractivity contribution is 7.79. The van der Waals surface area contributed by atoms with Gasteiger partial charge in [0, 0.05) is 17.0 Å². The summed E-state index contributed by atoms with van der Waals surface area (Å²) in [7, 11) is -5.17. The van der Waals surface area contributed by atoms with E-state index >= 15 is 0 Å². The molecule has 0 radical (unpaired) electrons. The molecule has 0 amide bonds. The Kier molecular flexibility index (Phi) is 18.2. The Balaban J connectivity index is 0. The van der Waals surface area contributed by atoms with E-state index in [4.69, 9.17) is 22.6 Å². The molecule has 23 heavy (non-hydrogen) atoms. The van der Waals surface area contributed by atoms with Crippen LogP contribution in [0.5, 0.6) is 0 Å². The highest BCUT2D eigenvalue weighted by Gasteiger charge is 2.05. The number of hydrogen-bond donors (Lipinski definition) is 1. The maximum Gasteiger partial charge on any atom is 0.0456 e. The summed E-state index contributed by atoms with van der Waals surface area (Å²) in [4.78, 5) is 0. The van der Waals surface area contributed by atoms with Gasteiger partial charge in [0.2, 0.25) is 0 Å². The van der Waals surface area contributed by atoms with Crippen LogP contribution in [0.25, 0.3) is 0 Å². The molecule has 0 aliphatic rings. The van der Waals surface area contributed by atoms with Crippen molar-refractivity contribution in [3.05, 3.63) is 0 Å². The standard InChI is InChI=1S/C17H36O.H2O4S/c1-4-5-6-7-8-9-10-11-12-16(2)13-14-17(3)15-18;1-5(2,3)4/h16-18H,4-15H2,1-3H3;(H2,1,2,3,4)/p-2. The second-order valence-corrected chi connectivity index (χ2v) is 7.46. The smallest absolute Gasteiger partial charge is 0.0456 e. The maximum absolute atomic E-state index is 8.98. The average molecular weight is 353 g/mol. The van der Waals surface area contributed by atoms with Crippen LogP contribution >= 0.6 is 0 Å². The third-order valence-electron chi connectivity index (χ3n) is 4.01. The quantitative estimate of drug-likeness (QED) is 0.304. The van der Waals surface area contributed by atoms with Crippen molar-refractivity contribution in [3.63, 3.8) is 0 Å². The molecule has 0 fully saturated rings. The van der Waals surface area contributed by atoms with Gasteiger partial charge in [0.05, 0.1) is 0 Å². The zero-order valence-corrected chi connectivity index (χ0v) is 15.9. The summed E-state index contributed by atoms with van der Waals surface area (Å²) in [5, 5.41) is 8.98. The van der Waals surface area contributed by atoms with Gasteiger partial charge in [-0.1, -0.05) is 85.0 Å². The molecule has 0 saturated carbocycles. The summed E-state index contributed by atoms with van der Waals surface area (Å²) < 4.78 is 34.1. The summed E-state index contributed by atoms with van der Waals surface area (Å²) >= 11 is 0. The minimum Gasteiger partial charge on any atom is -0.759 e. The lowest BCUT2D eigenvalue weighted by Gasteiger charge is -2.13. The Morgan fingerprint density at radius 3 is 1.61 bits per heavy atom. The number of hydrogen-bond acceptors (Lipinski definition) is 5. The van der Waals surface area contributed by atoms with Gasteiger partial charge < -0.3 is 14.2 Å². The fourth-order valence-corrected chi connectivity index (χ4v) is 2.43. The molecule has 0 saturated heterocycles. The van der Waals surface area contributed by atoms with Crippen LogP contribution < -0.4 is 0 Å². The van der Waals surface area contributed by atoms with Gasteiger partial charge in [-0.15, -0.1) is 0 Å². The lowest BCUT2D eigenvalue weighted by molar-refractivity contribution is 0.221. The highest BCUT2D eigenvalue weighted by Crippen LogP contribution is 2.18. The van der Waals surface area contributed by atoms with Crippen LogP contribution in [0.3, 0.4) is 0 Å². The first kappa shape index (κ1) is 25.1. The fourth-order valence-electron chi connectivity index (χ4n) is 2.43. The van der Waals surface area contributed by atoms with Gasteiger partial charge in [-0.25, -0.2) is 0 Å². The molecule has 1 N–H and O–H groups in total. The Morgan fingerprint density at radius 2 is 1.17 bits per heavy atom. The van der Waals surface area contributed by atoms with Crippen LogP contribution in [0, 0.1) is 11.8 Å². The van der Waals surface area contributed by atoms with E-state index in [0.717, 1.165) is 5.92 Å². The molecule has 0 spiro atoms. The molecule has 2 unspecified atom stereocenters. The largest absolute Gasteiger partial charge is 0.759 e. The van der Waals surface area contributed by atoms with Crippen molar-refractivity contribution < 1.29 is 22.6 Å². The summed E-state index contributed by atoms with van der Waals surface area (Å²) in [6.45, 7) is 7.14. The van der Waals surface area contributed by atoms with Gasteiger partial charge in [-0.3, -0.25) is 8.42 Å². The predicted molar refractivity (Wildman–Crippen MR) is 92.3 cm³/mol. The van der Waals surface area contributed by atoms with E-state index in [1.165, 1.54) is 70.6 Å². The van der Waals surface area contributed by atoms with Crippen LogP contribution in [0.4, 0.5) is 0 Å². The average Bonchev–Trinajstić information content (AvgIpc) is 2.45. The van der Waals surface area contributed by atoms with Gasteiger partial charge in [0.25, 0.3) is 0 Å². The van der Waals surface area contributed by atoms with Gasteiger partial charge in [0.15, 0.2) is 0 Å². The third-order valence-corrected chi connectivity index (χ3v) is 4.01.